The summed E-state index contributed by atoms with van der Waals surface area (Å²) >= 11 is 0. The van der Waals surface area contributed by atoms with Gasteiger partial charge in [-0.3, -0.25) is 0 Å². The van der Waals surface area contributed by atoms with E-state index in [-0.39, 0.29) is 6.54 Å². The van der Waals surface area contributed by atoms with Crippen LogP contribution in [-0.4, -0.2) is 41.8 Å². The van der Waals surface area contributed by atoms with Crippen molar-refractivity contribution < 1.29 is 23.4 Å². The second kappa shape index (κ2) is 5.32. The van der Waals surface area contributed by atoms with Crippen molar-refractivity contribution in [3.8, 4) is 0 Å². The summed E-state index contributed by atoms with van der Waals surface area (Å²) < 4.78 is 30.5. The van der Waals surface area contributed by atoms with Gasteiger partial charge in [-0.15, -0.1) is 0 Å². The number of aliphatic hydroxyl groups is 1. The molecule has 0 aromatic heterocycles. The van der Waals surface area contributed by atoms with Crippen LogP contribution in [0.2, 0.25) is 0 Å². The lowest BCUT2D eigenvalue weighted by molar-refractivity contribution is -0.159. The third-order valence-corrected chi connectivity index (χ3v) is 3.95. The number of rotatable bonds is 4. The number of halogens is 2. The van der Waals surface area contributed by atoms with Gasteiger partial charge in [0.1, 0.15) is 6.10 Å². The first kappa shape index (κ1) is 14.7. The van der Waals surface area contributed by atoms with Gasteiger partial charge in [-0.2, -0.15) is 8.78 Å². The number of ether oxygens (including phenoxy) is 1. The van der Waals surface area contributed by atoms with Crippen molar-refractivity contribution in [2.45, 2.75) is 56.7 Å². The maximum Gasteiger partial charge on any atom is 0.377 e. The average Bonchev–Trinajstić information content (AvgIpc) is 2.51. The lowest BCUT2D eigenvalue weighted by Gasteiger charge is -2.35. The van der Waals surface area contributed by atoms with Gasteiger partial charge >= 0.3 is 11.9 Å². The molecule has 1 saturated carbocycles. The van der Waals surface area contributed by atoms with Gasteiger partial charge in [0.15, 0.2) is 0 Å². The van der Waals surface area contributed by atoms with Gasteiger partial charge < -0.3 is 15.2 Å². The first-order valence-corrected chi connectivity index (χ1v) is 6.83. The lowest BCUT2D eigenvalue weighted by atomic mass is 9.79. The highest BCUT2D eigenvalue weighted by Crippen LogP contribution is 2.32. The van der Waals surface area contributed by atoms with Gasteiger partial charge in [0.05, 0.1) is 12.0 Å². The van der Waals surface area contributed by atoms with Gasteiger partial charge in [-0.25, -0.2) is 4.79 Å². The number of hydrogen-bond acceptors (Lipinski definition) is 4. The molecule has 1 aliphatic heterocycles. The van der Waals surface area contributed by atoms with Gasteiger partial charge in [-0.1, -0.05) is 19.8 Å². The zero-order chi connectivity index (χ0) is 14.1. The number of carbonyl (C=O) groups is 1. The molecule has 1 heterocycles. The summed E-state index contributed by atoms with van der Waals surface area (Å²) in [7, 11) is 0. The van der Waals surface area contributed by atoms with Crippen LogP contribution in [0.25, 0.3) is 0 Å². The SMILES string of the molecule is CC1CCCC(O)(CNCC2CC(F)(F)C(=O)O2)C1. The maximum absolute atomic E-state index is 12.9. The summed E-state index contributed by atoms with van der Waals surface area (Å²) in [6.45, 7) is 2.62. The first-order chi connectivity index (χ1) is 8.81. The summed E-state index contributed by atoms with van der Waals surface area (Å²) in [5.41, 5.74) is -0.761. The molecule has 0 aromatic rings. The highest BCUT2D eigenvalue weighted by molar-refractivity contribution is 5.79. The van der Waals surface area contributed by atoms with Crippen LogP contribution in [0.1, 0.15) is 39.0 Å². The smallest absolute Gasteiger partial charge is 0.377 e. The third-order valence-electron chi connectivity index (χ3n) is 3.95. The Balaban J connectivity index is 1.74. The second-order valence-corrected chi connectivity index (χ2v) is 5.99. The zero-order valence-corrected chi connectivity index (χ0v) is 11.1. The van der Waals surface area contributed by atoms with Crippen LogP contribution < -0.4 is 5.32 Å². The Kier molecular flexibility index (Phi) is 4.11. The fourth-order valence-electron chi connectivity index (χ4n) is 3.02. The highest BCUT2D eigenvalue weighted by atomic mass is 19.3. The summed E-state index contributed by atoms with van der Waals surface area (Å²) in [5, 5.41) is 13.3. The van der Waals surface area contributed by atoms with Crippen molar-refractivity contribution in [1.29, 1.82) is 0 Å². The van der Waals surface area contributed by atoms with Crippen molar-refractivity contribution in [2.75, 3.05) is 13.1 Å². The van der Waals surface area contributed by atoms with Crippen LogP contribution >= 0.6 is 0 Å². The van der Waals surface area contributed by atoms with Crippen molar-refractivity contribution in [3.05, 3.63) is 0 Å². The number of hydrogen-bond donors (Lipinski definition) is 2. The molecule has 19 heavy (non-hydrogen) atoms. The molecule has 1 aliphatic carbocycles. The topological polar surface area (TPSA) is 58.6 Å². The Hall–Kier alpha value is -0.750. The molecule has 0 aromatic carbocycles. The van der Waals surface area contributed by atoms with E-state index in [2.05, 4.69) is 17.0 Å². The molecule has 4 nitrogen and oxygen atoms in total. The molecule has 2 fully saturated rings. The van der Waals surface area contributed by atoms with Crippen LogP contribution in [0, 0.1) is 5.92 Å². The molecule has 0 amide bonds. The number of alkyl halides is 2. The Bertz CT molecular complexity index is 351. The standard InChI is InChI=1S/C13H21F2NO3/c1-9-3-2-4-12(18,5-9)8-16-7-10-6-13(14,15)11(17)19-10/h9-10,16,18H,2-8H2,1H3. The van der Waals surface area contributed by atoms with Gasteiger partial charge in [0.2, 0.25) is 0 Å². The van der Waals surface area contributed by atoms with Gasteiger partial charge in [-0.05, 0) is 18.8 Å². The van der Waals surface area contributed by atoms with Crippen LogP contribution in [0.15, 0.2) is 0 Å². The van der Waals surface area contributed by atoms with Gasteiger partial charge in [0.25, 0.3) is 0 Å². The molecule has 3 unspecified atom stereocenters. The maximum atomic E-state index is 12.9. The molecule has 0 spiro atoms. The minimum atomic E-state index is -3.36. The predicted molar refractivity (Wildman–Crippen MR) is 64.9 cm³/mol. The van der Waals surface area contributed by atoms with Crippen molar-refractivity contribution in [2.24, 2.45) is 5.92 Å². The number of carbonyl (C=O) groups excluding carboxylic acids is 1. The molecular weight excluding hydrogens is 256 g/mol. The average molecular weight is 277 g/mol. The first-order valence-electron chi connectivity index (χ1n) is 6.83. The molecule has 1 saturated heterocycles. The van der Waals surface area contributed by atoms with Gasteiger partial charge in [0, 0.05) is 13.1 Å². The van der Waals surface area contributed by atoms with E-state index >= 15 is 0 Å². The van der Waals surface area contributed by atoms with E-state index in [0.717, 1.165) is 25.7 Å². The molecule has 2 N–H and O–H groups in total. The zero-order valence-electron chi connectivity index (χ0n) is 11.1. The molecule has 2 aliphatic rings. The van der Waals surface area contributed by atoms with E-state index in [0.29, 0.717) is 12.5 Å². The predicted octanol–water partition coefficient (Wildman–Crippen LogP) is 1.47. The Morgan fingerprint density at radius 2 is 2.21 bits per heavy atom. The van der Waals surface area contributed by atoms with Crippen molar-refractivity contribution in [1.82, 2.24) is 5.32 Å². The van der Waals surface area contributed by atoms with Crippen molar-refractivity contribution in [3.63, 3.8) is 0 Å². The van der Waals surface area contributed by atoms with E-state index in [4.69, 9.17) is 0 Å². The quantitative estimate of drug-likeness (QED) is 0.764. The number of cyclic esters (lactones) is 1. The van der Waals surface area contributed by atoms with Crippen molar-refractivity contribution >= 4 is 5.97 Å². The Morgan fingerprint density at radius 3 is 2.79 bits per heavy atom. The molecule has 6 heteroatoms. The van der Waals surface area contributed by atoms with Crippen LogP contribution in [0.4, 0.5) is 8.78 Å². The molecule has 0 radical (unpaired) electrons. The molecule has 3 atom stereocenters. The minimum absolute atomic E-state index is 0.165. The summed E-state index contributed by atoms with van der Waals surface area (Å²) in [4.78, 5) is 10.8. The minimum Gasteiger partial charge on any atom is -0.456 e. The van der Waals surface area contributed by atoms with E-state index in [1.807, 2.05) is 0 Å². The Labute approximate surface area is 111 Å². The normalized spacial score (nSPS) is 38.2. The largest absolute Gasteiger partial charge is 0.456 e. The van der Waals surface area contributed by atoms with E-state index in [1.165, 1.54) is 0 Å². The molecule has 0 bridgehead atoms. The van der Waals surface area contributed by atoms with E-state index in [1.54, 1.807) is 0 Å². The van der Waals surface area contributed by atoms with Crippen LogP contribution in [0.3, 0.4) is 0 Å². The molecule has 2 rings (SSSR count). The second-order valence-electron chi connectivity index (χ2n) is 5.99. The number of esters is 1. The monoisotopic (exact) mass is 277 g/mol. The lowest BCUT2D eigenvalue weighted by Crippen LogP contribution is -2.45. The molecule has 110 valence electrons. The summed E-state index contributed by atoms with van der Waals surface area (Å²) in [6.07, 6.45) is 2.18. The summed E-state index contributed by atoms with van der Waals surface area (Å²) in [5.74, 6) is -4.32. The van der Waals surface area contributed by atoms with E-state index in [9.17, 15) is 18.7 Å². The summed E-state index contributed by atoms with van der Waals surface area (Å²) in [6, 6.07) is 0. The third kappa shape index (κ3) is 3.63. The highest BCUT2D eigenvalue weighted by Gasteiger charge is 2.50. The Morgan fingerprint density at radius 1 is 1.47 bits per heavy atom. The molecular formula is C13H21F2NO3. The van der Waals surface area contributed by atoms with Crippen LogP contribution in [-0.2, 0) is 9.53 Å². The fourth-order valence-corrected chi connectivity index (χ4v) is 3.02. The fraction of sp³-hybridized carbons (Fsp3) is 0.923. The number of nitrogens with one attached hydrogen (secondary N) is 1. The van der Waals surface area contributed by atoms with E-state index < -0.39 is 30.0 Å². The van der Waals surface area contributed by atoms with Crippen LogP contribution in [0.5, 0.6) is 0 Å².